The molecule has 1 rings (SSSR count). The average molecular weight is 207 g/mol. The van der Waals surface area contributed by atoms with E-state index >= 15 is 0 Å². The molecule has 0 saturated carbocycles. The van der Waals surface area contributed by atoms with Gasteiger partial charge >= 0.3 is 0 Å². The summed E-state index contributed by atoms with van der Waals surface area (Å²) in [6.07, 6.45) is 0.868. The Bertz CT molecular complexity index is 372. The van der Waals surface area contributed by atoms with E-state index in [1.54, 1.807) is 6.07 Å². The lowest BCUT2D eigenvalue weighted by atomic mass is 9.94. The fourth-order valence-corrected chi connectivity index (χ4v) is 1.47. The predicted octanol–water partition coefficient (Wildman–Crippen LogP) is 2.93. The summed E-state index contributed by atoms with van der Waals surface area (Å²) >= 11 is 0. The van der Waals surface area contributed by atoms with E-state index in [0.29, 0.717) is 11.3 Å². The van der Waals surface area contributed by atoms with E-state index in [-0.39, 0.29) is 11.7 Å². The van der Waals surface area contributed by atoms with Gasteiger partial charge in [0, 0.05) is 11.5 Å². The van der Waals surface area contributed by atoms with Gasteiger partial charge in [-0.25, -0.2) is 0 Å². The van der Waals surface area contributed by atoms with Gasteiger partial charge in [-0.1, -0.05) is 30.6 Å². The summed E-state index contributed by atoms with van der Waals surface area (Å²) in [5, 5.41) is 21.9. The number of nitrogens with zero attached hydrogens (tertiary/aromatic N) is 1. The molecule has 82 valence electrons. The number of rotatable bonds is 3. The first-order valence-electron chi connectivity index (χ1n) is 5.12. The molecule has 15 heavy (non-hydrogen) atoms. The molecule has 0 aliphatic carbocycles. The Morgan fingerprint density at radius 1 is 1.47 bits per heavy atom. The molecule has 3 nitrogen and oxygen atoms in total. The summed E-state index contributed by atoms with van der Waals surface area (Å²) in [4.78, 5) is 0. The molecule has 2 N–H and O–H groups in total. The molecule has 1 atom stereocenters. The van der Waals surface area contributed by atoms with Crippen LogP contribution in [0.25, 0.3) is 0 Å². The van der Waals surface area contributed by atoms with Crippen molar-refractivity contribution < 1.29 is 10.3 Å². The zero-order chi connectivity index (χ0) is 11.4. The first-order chi connectivity index (χ1) is 7.10. The smallest absolute Gasteiger partial charge is 0.124 e. The number of benzene rings is 1. The topological polar surface area (TPSA) is 52.8 Å². The Balaban J connectivity index is 3.18. The second-order valence-corrected chi connectivity index (χ2v) is 3.82. The van der Waals surface area contributed by atoms with Crippen molar-refractivity contribution in [1.29, 1.82) is 0 Å². The van der Waals surface area contributed by atoms with Gasteiger partial charge in [0.05, 0.1) is 5.71 Å². The van der Waals surface area contributed by atoms with Crippen molar-refractivity contribution in [2.45, 2.75) is 27.2 Å². The van der Waals surface area contributed by atoms with Crippen LogP contribution in [0.4, 0.5) is 0 Å². The number of aromatic hydroxyl groups is 1. The van der Waals surface area contributed by atoms with E-state index in [4.69, 9.17) is 5.21 Å². The fraction of sp³-hybridized carbons (Fsp3) is 0.417. The van der Waals surface area contributed by atoms with Crippen molar-refractivity contribution in [3.8, 4) is 5.75 Å². The Morgan fingerprint density at radius 2 is 2.13 bits per heavy atom. The van der Waals surface area contributed by atoms with Crippen LogP contribution in [0.2, 0.25) is 0 Å². The molecule has 1 aromatic rings. The maximum absolute atomic E-state index is 9.69. The molecule has 0 spiro atoms. The molecule has 0 amide bonds. The van der Waals surface area contributed by atoms with Crippen LogP contribution >= 0.6 is 0 Å². The van der Waals surface area contributed by atoms with Crippen LogP contribution < -0.4 is 0 Å². The van der Waals surface area contributed by atoms with Crippen LogP contribution in [0.3, 0.4) is 0 Å². The Hall–Kier alpha value is -1.51. The third kappa shape index (κ3) is 2.49. The molecule has 0 aliphatic heterocycles. The Labute approximate surface area is 90.1 Å². The van der Waals surface area contributed by atoms with Gasteiger partial charge in [0.2, 0.25) is 0 Å². The highest BCUT2D eigenvalue weighted by molar-refractivity contribution is 6.03. The van der Waals surface area contributed by atoms with Crippen molar-refractivity contribution in [3.05, 3.63) is 29.3 Å². The number of oxime groups is 1. The Morgan fingerprint density at radius 3 is 2.67 bits per heavy atom. The molecule has 0 heterocycles. The summed E-state index contributed by atoms with van der Waals surface area (Å²) in [6.45, 7) is 5.92. The van der Waals surface area contributed by atoms with Gasteiger partial charge in [-0.05, 0) is 25.5 Å². The molecule has 0 aliphatic rings. The van der Waals surface area contributed by atoms with Crippen LogP contribution in [-0.4, -0.2) is 16.0 Å². The highest BCUT2D eigenvalue weighted by Gasteiger charge is 2.15. The van der Waals surface area contributed by atoms with Gasteiger partial charge in [0.25, 0.3) is 0 Å². The molecule has 0 fully saturated rings. The van der Waals surface area contributed by atoms with Crippen LogP contribution in [0.15, 0.2) is 23.4 Å². The van der Waals surface area contributed by atoms with Gasteiger partial charge in [-0.2, -0.15) is 0 Å². The van der Waals surface area contributed by atoms with Gasteiger partial charge < -0.3 is 10.3 Å². The van der Waals surface area contributed by atoms with E-state index in [9.17, 15) is 5.11 Å². The quantitative estimate of drug-likeness (QED) is 0.455. The first kappa shape index (κ1) is 11.6. The minimum absolute atomic E-state index is 0.127. The van der Waals surface area contributed by atoms with Gasteiger partial charge in [0.15, 0.2) is 0 Å². The third-order valence-corrected chi connectivity index (χ3v) is 2.61. The van der Waals surface area contributed by atoms with Gasteiger partial charge in [-0.3, -0.25) is 0 Å². The maximum Gasteiger partial charge on any atom is 0.124 e. The van der Waals surface area contributed by atoms with Gasteiger partial charge in [-0.15, -0.1) is 0 Å². The SMILES string of the molecule is CC[C@@H](C)/C(=N/O)c1cc(C)ccc1O. The lowest BCUT2D eigenvalue weighted by Gasteiger charge is -2.12. The van der Waals surface area contributed by atoms with Crippen molar-refractivity contribution in [3.63, 3.8) is 0 Å². The number of phenols is 1. The molecule has 0 radical (unpaired) electrons. The summed E-state index contributed by atoms with van der Waals surface area (Å²) in [5.74, 6) is 0.288. The van der Waals surface area contributed by atoms with Gasteiger partial charge in [0.1, 0.15) is 5.75 Å². The van der Waals surface area contributed by atoms with Crippen LogP contribution in [0.1, 0.15) is 31.4 Å². The van der Waals surface area contributed by atoms with Crippen molar-refractivity contribution in [2.24, 2.45) is 11.1 Å². The number of phenolic OH excluding ortho intramolecular Hbond substituents is 1. The van der Waals surface area contributed by atoms with Crippen molar-refractivity contribution in [1.82, 2.24) is 0 Å². The second kappa shape index (κ2) is 4.82. The second-order valence-electron chi connectivity index (χ2n) is 3.82. The Kier molecular flexibility index (Phi) is 3.72. The van der Waals surface area contributed by atoms with Crippen molar-refractivity contribution >= 4 is 5.71 Å². The van der Waals surface area contributed by atoms with Crippen LogP contribution in [0.5, 0.6) is 5.75 Å². The first-order valence-corrected chi connectivity index (χ1v) is 5.12. The molecule has 0 unspecified atom stereocenters. The average Bonchev–Trinajstić information content (AvgIpc) is 2.23. The molecular formula is C12H17NO2. The number of hydrogen-bond acceptors (Lipinski definition) is 3. The highest BCUT2D eigenvalue weighted by atomic mass is 16.4. The summed E-state index contributed by atoms with van der Waals surface area (Å²) in [5.41, 5.74) is 2.19. The summed E-state index contributed by atoms with van der Waals surface area (Å²) in [6, 6.07) is 5.28. The number of aryl methyl sites for hydroxylation is 1. The molecule has 0 saturated heterocycles. The largest absolute Gasteiger partial charge is 0.507 e. The standard InChI is InChI=1S/C12H17NO2/c1-4-9(3)12(13-15)10-7-8(2)5-6-11(10)14/h5-7,9,14-15H,4H2,1-3H3/b13-12-/t9-/m1/s1. The normalized spacial score (nSPS) is 13.9. The van der Waals surface area contributed by atoms with Crippen LogP contribution in [-0.2, 0) is 0 Å². The maximum atomic E-state index is 9.69. The monoisotopic (exact) mass is 207 g/mol. The minimum atomic E-state index is 0.127. The summed E-state index contributed by atoms with van der Waals surface area (Å²) < 4.78 is 0. The van der Waals surface area contributed by atoms with E-state index in [0.717, 1.165) is 12.0 Å². The van der Waals surface area contributed by atoms with Crippen molar-refractivity contribution in [2.75, 3.05) is 0 Å². The van der Waals surface area contributed by atoms with E-state index < -0.39 is 0 Å². The zero-order valence-corrected chi connectivity index (χ0v) is 9.36. The minimum Gasteiger partial charge on any atom is -0.507 e. The van der Waals surface area contributed by atoms with Crippen LogP contribution in [0, 0.1) is 12.8 Å². The van der Waals surface area contributed by atoms with E-state index in [1.165, 1.54) is 0 Å². The molecular weight excluding hydrogens is 190 g/mol. The van der Waals surface area contributed by atoms with E-state index in [1.807, 2.05) is 32.9 Å². The molecule has 0 bridgehead atoms. The molecule has 1 aromatic carbocycles. The summed E-state index contributed by atoms with van der Waals surface area (Å²) in [7, 11) is 0. The highest BCUT2D eigenvalue weighted by Crippen LogP contribution is 2.23. The third-order valence-electron chi connectivity index (χ3n) is 2.61. The molecule has 3 heteroatoms. The molecule has 0 aromatic heterocycles. The fourth-order valence-electron chi connectivity index (χ4n) is 1.47. The van der Waals surface area contributed by atoms with E-state index in [2.05, 4.69) is 5.16 Å². The number of hydrogen-bond donors (Lipinski definition) is 2. The lowest BCUT2D eigenvalue weighted by Crippen LogP contribution is -2.12. The zero-order valence-electron chi connectivity index (χ0n) is 9.36. The predicted molar refractivity (Wildman–Crippen MR) is 60.6 cm³/mol. The lowest BCUT2D eigenvalue weighted by molar-refractivity contribution is 0.315.